The maximum Gasteiger partial charge on any atom is 0.336 e. The summed E-state index contributed by atoms with van der Waals surface area (Å²) in [4.78, 5) is 27.6. The fourth-order valence-corrected chi connectivity index (χ4v) is 4.10. The maximum atomic E-state index is 14.0. The molecule has 0 spiro atoms. The average Bonchev–Trinajstić information content (AvgIpc) is 2.82. The molecule has 34 heavy (non-hydrogen) atoms. The molecular formula is C27H22F3NO3. The number of rotatable bonds is 6. The smallest absolute Gasteiger partial charge is 0.336 e. The number of allylic oxidation sites excluding steroid dienone is 1. The van der Waals surface area contributed by atoms with E-state index >= 15 is 0 Å². The number of hydrogen-bond donors (Lipinski definition) is 0. The Balaban J connectivity index is 1.69. The van der Waals surface area contributed by atoms with Crippen molar-refractivity contribution in [1.29, 1.82) is 0 Å². The van der Waals surface area contributed by atoms with Gasteiger partial charge < -0.3 is 9.64 Å². The molecule has 0 saturated carbocycles. The van der Waals surface area contributed by atoms with Crippen molar-refractivity contribution in [2.45, 2.75) is 32.4 Å². The first kappa shape index (κ1) is 23.3. The minimum absolute atomic E-state index is 0.0312. The minimum Gasteiger partial charge on any atom is -0.457 e. The summed E-state index contributed by atoms with van der Waals surface area (Å²) in [7, 11) is 0. The van der Waals surface area contributed by atoms with Crippen LogP contribution in [-0.2, 0) is 27.5 Å². The lowest BCUT2D eigenvalue weighted by atomic mass is 9.83. The van der Waals surface area contributed by atoms with Crippen LogP contribution in [0, 0.1) is 17.5 Å². The highest BCUT2D eigenvalue weighted by Gasteiger charge is 2.37. The highest BCUT2D eigenvalue weighted by Crippen LogP contribution is 2.38. The summed E-state index contributed by atoms with van der Waals surface area (Å²) in [5.41, 5.74) is 2.19. The van der Waals surface area contributed by atoms with Crippen molar-refractivity contribution in [1.82, 2.24) is 4.90 Å². The zero-order valence-electron chi connectivity index (χ0n) is 18.4. The van der Waals surface area contributed by atoms with Crippen LogP contribution in [0.25, 0.3) is 0 Å². The molecule has 0 bridgehead atoms. The zero-order chi connectivity index (χ0) is 24.2. The summed E-state index contributed by atoms with van der Waals surface area (Å²) in [6.45, 7) is 1.58. The van der Waals surface area contributed by atoms with Crippen LogP contribution < -0.4 is 0 Å². The Bertz CT molecular complexity index is 1260. The molecule has 3 aromatic rings. The van der Waals surface area contributed by atoms with Crippen LogP contribution >= 0.6 is 0 Å². The number of halogens is 3. The van der Waals surface area contributed by atoms with Gasteiger partial charge >= 0.3 is 5.97 Å². The van der Waals surface area contributed by atoms with E-state index in [-0.39, 0.29) is 31.1 Å². The summed E-state index contributed by atoms with van der Waals surface area (Å²) < 4.78 is 46.6. The number of ether oxygens (including phenoxy) is 1. The third-order valence-electron chi connectivity index (χ3n) is 5.83. The highest BCUT2D eigenvalue weighted by atomic mass is 19.2. The Hall–Kier alpha value is -3.87. The average molecular weight is 465 g/mol. The second-order valence-electron chi connectivity index (χ2n) is 8.10. The fraction of sp³-hybridized carbons (Fsp3) is 0.185. The fourth-order valence-electron chi connectivity index (χ4n) is 4.10. The first-order valence-corrected chi connectivity index (χ1v) is 10.7. The van der Waals surface area contributed by atoms with Crippen molar-refractivity contribution < 1.29 is 27.5 Å². The Morgan fingerprint density at radius 2 is 1.71 bits per heavy atom. The van der Waals surface area contributed by atoms with Crippen LogP contribution in [0.3, 0.4) is 0 Å². The van der Waals surface area contributed by atoms with Gasteiger partial charge in [-0.05, 0) is 47.9 Å². The molecule has 0 radical (unpaired) electrons. The zero-order valence-corrected chi connectivity index (χ0v) is 18.4. The Kier molecular flexibility index (Phi) is 6.82. The van der Waals surface area contributed by atoms with Gasteiger partial charge in [-0.3, -0.25) is 4.79 Å². The van der Waals surface area contributed by atoms with Crippen molar-refractivity contribution in [3.05, 3.63) is 118 Å². The van der Waals surface area contributed by atoms with Gasteiger partial charge in [-0.1, -0.05) is 48.5 Å². The highest BCUT2D eigenvalue weighted by molar-refractivity contribution is 5.95. The molecule has 0 saturated heterocycles. The first-order chi connectivity index (χ1) is 16.3. The summed E-state index contributed by atoms with van der Waals surface area (Å²) >= 11 is 0. The standard InChI is InChI=1S/C27H22F3NO3/c1-17-26(27(33)34-16-18-6-3-2-4-7-18)22(20-8-5-9-21(28)13-20)14-25(32)31(17)15-19-10-11-23(29)24(30)12-19/h2-13,22H,14-16H2,1H3. The van der Waals surface area contributed by atoms with Gasteiger partial charge in [-0.15, -0.1) is 0 Å². The lowest BCUT2D eigenvalue weighted by Crippen LogP contribution is -2.38. The van der Waals surface area contributed by atoms with Crippen molar-refractivity contribution in [2.75, 3.05) is 0 Å². The van der Waals surface area contributed by atoms with E-state index in [2.05, 4.69) is 0 Å². The second kappa shape index (κ2) is 9.95. The third kappa shape index (κ3) is 5.03. The number of nitrogens with zero attached hydrogens (tertiary/aromatic N) is 1. The SMILES string of the molecule is CC1=C(C(=O)OCc2ccccc2)C(c2cccc(F)c2)CC(=O)N1Cc1ccc(F)c(F)c1. The normalized spacial score (nSPS) is 16.1. The van der Waals surface area contributed by atoms with E-state index in [0.29, 0.717) is 16.8 Å². The van der Waals surface area contributed by atoms with Crippen molar-refractivity contribution in [3.63, 3.8) is 0 Å². The molecule has 4 nitrogen and oxygen atoms in total. The van der Waals surface area contributed by atoms with E-state index in [1.807, 2.05) is 30.3 Å². The molecule has 3 aromatic carbocycles. The Morgan fingerprint density at radius 3 is 2.41 bits per heavy atom. The molecule has 1 amide bonds. The van der Waals surface area contributed by atoms with E-state index in [4.69, 9.17) is 4.74 Å². The summed E-state index contributed by atoms with van der Waals surface area (Å²) in [6, 6.07) is 18.3. The number of carbonyl (C=O) groups is 2. The summed E-state index contributed by atoms with van der Waals surface area (Å²) in [5.74, 6) is -4.15. The molecule has 1 aliphatic rings. The largest absolute Gasteiger partial charge is 0.457 e. The van der Waals surface area contributed by atoms with Crippen LogP contribution in [0.2, 0.25) is 0 Å². The quantitative estimate of drug-likeness (QED) is 0.443. The molecule has 0 fully saturated rings. The van der Waals surface area contributed by atoms with E-state index in [0.717, 1.165) is 17.7 Å². The topological polar surface area (TPSA) is 46.6 Å². The predicted molar refractivity (Wildman–Crippen MR) is 120 cm³/mol. The van der Waals surface area contributed by atoms with E-state index in [1.54, 1.807) is 13.0 Å². The minimum atomic E-state index is -1.02. The molecule has 0 N–H and O–H groups in total. The van der Waals surface area contributed by atoms with E-state index < -0.39 is 29.3 Å². The van der Waals surface area contributed by atoms with E-state index in [9.17, 15) is 22.8 Å². The lowest BCUT2D eigenvalue weighted by molar-refractivity contribution is -0.141. The summed E-state index contributed by atoms with van der Waals surface area (Å²) in [6.07, 6.45) is -0.0970. The number of benzene rings is 3. The van der Waals surface area contributed by atoms with Crippen LogP contribution in [0.1, 0.15) is 36.0 Å². The van der Waals surface area contributed by atoms with Crippen molar-refractivity contribution >= 4 is 11.9 Å². The summed E-state index contributed by atoms with van der Waals surface area (Å²) in [5, 5.41) is 0. The molecule has 1 atom stereocenters. The van der Waals surface area contributed by atoms with Crippen molar-refractivity contribution in [2.24, 2.45) is 0 Å². The molecule has 174 valence electrons. The molecule has 4 rings (SSSR count). The van der Waals surface area contributed by atoms with Gasteiger partial charge in [0, 0.05) is 18.0 Å². The second-order valence-corrected chi connectivity index (χ2v) is 8.10. The number of hydrogen-bond acceptors (Lipinski definition) is 3. The molecule has 1 aliphatic heterocycles. The van der Waals surface area contributed by atoms with Gasteiger partial charge in [0.15, 0.2) is 11.6 Å². The van der Waals surface area contributed by atoms with E-state index in [1.165, 1.54) is 29.2 Å². The van der Waals surface area contributed by atoms with Gasteiger partial charge in [0.25, 0.3) is 0 Å². The van der Waals surface area contributed by atoms with Gasteiger partial charge in [0.05, 0.1) is 12.1 Å². The van der Waals surface area contributed by atoms with Gasteiger partial charge in [0.2, 0.25) is 5.91 Å². The van der Waals surface area contributed by atoms with Gasteiger partial charge in [0.1, 0.15) is 12.4 Å². The predicted octanol–water partition coefficient (Wildman–Crippen LogP) is 5.64. The monoisotopic (exact) mass is 465 g/mol. The maximum absolute atomic E-state index is 14.0. The molecule has 7 heteroatoms. The molecule has 1 unspecified atom stereocenters. The van der Waals surface area contributed by atoms with Crippen LogP contribution in [0.15, 0.2) is 84.1 Å². The van der Waals surface area contributed by atoms with Crippen LogP contribution in [-0.4, -0.2) is 16.8 Å². The number of esters is 1. The van der Waals surface area contributed by atoms with Crippen molar-refractivity contribution in [3.8, 4) is 0 Å². The third-order valence-corrected chi connectivity index (χ3v) is 5.83. The molecule has 0 aromatic heterocycles. The van der Waals surface area contributed by atoms with Crippen LogP contribution in [0.4, 0.5) is 13.2 Å². The molecular weight excluding hydrogens is 443 g/mol. The number of amides is 1. The van der Waals surface area contributed by atoms with Gasteiger partial charge in [-0.2, -0.15) is 0 Å². The van der Waals surface area contributed by atoms with Crippen LogP contribution in [0.5, 0.6) is 0 Å². The lowest BCUT2D eigenvalue weighted by Gasteiger charge is -2.34. The molecule has 0 aliphatic carbocycles. The molecule has 1 heterocycles. The Labute approximate surface area is 195 Å². The first-order valence-electron chi connectivity index (χ1n) is 10.7. The number of carbonyl (C=O) groups excluding carboxylic acids is 2. The van der Waals surface area contributed by atoms with Gasteiger partial charge in [-0.25, -0.2) is 18.0 Å². The Morgan fingerprint density at radius 1 is 0.941 bits per heavy atom.